The fourth-order valence-electron chi connectivity index (χ4n) is 1.33. The van der Waals surface area contributed by atoms with Crippen molar-refractivity contribution in [1.29, 1.82) is 0 Å². The third kappa shape index (κ3) is 2.81. The summed E-state index contributed by atoms with van der Waals surface area (Å²) in [5.74, 6) is -0.591. The van der Waals surface area contributed by atoms with E-state index < -0.39 is 5.82 Å². The number of thiophene rings is 1. The minimum Gasteiger partial charge on any atom is -0.288 e. The Morgan fingerprint density at radius 3 is 2.76 bits per heavy atom. The van der Waals surface area contributed by atoms with E-state index in [1.165, 1.54) is 35.6 Å². The van der Waals surface area contributed by atoms with Crippen LogP contribution >= 0.6 is 22.9 Å². The smallest absolute Gasteiger partial charge is 0.195 e. The molecule has 2 aromatic rings. The zero-order chi connectivity index (χ0) is 12.3. The Bertz CT molecular complexity index is 541. The molecule has 0 N–H and O–H groups in total. The second-order valence-electron chi connectivity index (χ2n) is 3.31. The summed E-state index contributed by atoms with van der Waals surface area (Å²) in [6.45, 7) is 0. The lowest BCUT2D eigenvalue weighted by atomic mass is 10.1. The lowest BCUT2D eigenvalue weighted by molar-refractivity contribution is 0.105. The minimum absolute atomic E-state index is 0.153. The molecule has 0 spiro atoms. The number of hydrogen-bond acceptors (Lipinski definition) is 2. The van der Waals surface area contributed by atoms with E-state index in [0.717, 1.165) is 0 Å². The van der Waals surface area contributed by atoms with Crippen molar-refractivity contribution in [3.63, 3.8) is 0 Å². The second kappa shape index (κ2) is 5.25. The molecule has 0 saturated carbocycles. The van der Waals surface area contributed by atoms with E-state index in [2.05, 4.69) is 0 Å². The quantitative estimate of drug-likeness (QED) is 0.593. The highest BCUT2D eigenvalue weighted by Gasteiger charge is 2.05. The molecule has 86 valence electrons. The number of hydrogen-bond donors (Lipinski definition) is 0. The number of carbonyl (C=O) groups is 1. The number of halogens is 2. The maximum atomic E-state index is 13.4. The average Bonchev–Trinajstić information content (AvgIpc) is 2.81. The van der Waals surface area contributed by atoms with Gasteiger partial charge in [-0.05, 0) is 35.7 Å². The van der Waals surface area contributed by atoms with Crippen LogP contribution in [0.25, 0.3) is 6.08 Å². The highest BCUT2D eigenvalue weighted by Crippen LogP contribution is 2.21. The summed E-state index contributed by atoms with van der Waals surface area (Å²) >= 11 is 7.18. The van der Waals surface area contributed by atoms with Crippen LogP contribution in [-0.2, 0) is 0 Å². The molecule has 0 radical (unpaired) electrons. The monoisotopic (exact) mass is 266 g/mol. The van der Waals surface area contributed by atoms with E-state index in [0.29, 0.717) is 9.90 Å². The van der Waals surface area contributed by atoms with Crippen molar-refractivity contribution in [2.24, 2.45) is 0 Å². The van der Waals surface area contributed by atoms with Crippen LogP contribution in [-0.4, -0.2) is 5.78 Å². The Morgan fingerprint density at radius 2 is 2.12 bits per heavy atom. The lowest BCUT2D eigenvalue weighted by Crippen LogP contribution is -1.90. The topological polar surface area (TPSA) is 17.1 Å². The molecule has 2 rings (SSSR count). The first-order chi connectivity index (χ1) is 8.18. The SMILES string of the molecule is O=C(C=Cc1c(F)cccc1Cl)c1cccs1. The zero-order valence-corrected chi connectivity index (χ0v) is 10.3. The van der Waals surface area contributed by atoms with Gasteiger partial charge in [0.15, 0.2) is 5.78 Å². The van der Waals surface area contributed by atoms with E-state index in [1.54, 1.807) is 18.2 Å². The van der Waals surface area contributed by atoms with E-state index >= 15 is 0 Å². The van der Waals surface area contributed by atoms with Crippen LogP contribution in [0.15, 0.2) is 41.8 Å². The fraction of sp³-hybridized carbons (Fsp3) is 0. The van der Waals surface area contributed by atoms with Gasteiger partial charge in [-0.15, -0.1) is 11.3 Å². The van der Waals surface area contributed by atoms with E-state index in [1.807, 2.05) is 5.38 Å². The molecule has 0 unspecified atom stereocenters. The van der Waals surface area contributed by atoms with Gasteiger partial charge in [0.05, 0.1) is 9.90 Å². The van der Waals surface area contributed by atoms with Crippen LogP contribution in [0.4, 0.5) is 4.39 Å². The van der Waals surface area contributed by atoms with Gasteiger partial charge >= 0.3 is 0 Å². The summed E-state index contributed by atoms with van der Waals surface area (Å²) in [4.78, 5) is 12.3. The Morgan fingerprint density at radius 1 is 1.29 bits per heavy atom. The Balaban J connectivity index is 2.24. The maximum Gasteiger partial charge on any atom is 0.195 e. The molecule has 0 aliphatic heterocycles. The normalized spacial score (nSPS) is 10.9. The van der Waals surface area contributed by atoms with E-state index in [-0.39, 0.29) is 11.3 Å². The molecule has 4 heteroatoms. The fourth-order valence-corrected chi connectivity index (χ4v) is 2.20. The average molecular weight is 267 g/mol. The van der Waals surface area contributed by atoms with Gasteiger partial charge in [-0.1, -0.05) is 23.7 Å². The van der Waals surface area contributed by atoms with Crippen molar-refractivity contribution in [3.8, 4) is 0 Å². The van der Waals surface area contributed by atoms with Gasteiger partial charge in [-0.25, -0.2) is 4.39 Å². The number of rotatable bonds is 3. The van der Waals surface area contributed by atoms with Crippen molar-refractivity contribution >= 4 is 34.8 Å². The number of carbonyl (C=O) groups excluding carboxylic acids is 1. The molecule has 0 amide bonds. The van der Waals surface area contributed by atoms with Crippen LogP contribution in [0.1, 0.15) is 15.2 Å². The van der Waals surface area contributed by atoms with Gasteiger partial charge in [0.25, 0.3) is 0 Å². The Labute approximate surface area is 107 Å². The zero-order valence-electron chi connectivity index (χ0n) is 8.69. The summed E-state index contributed by atoms with van der Waals surface area (Å²) < 4.78 is 13.4. The number of allylic oxidation sites excluding steroid dienone is 1. The van der Waals surface area contributed by atoms with E-state index in [4.69, 9.17) is 11.6 Å². The highest BCUT2D eigenvalue weighted by atomic mass is 35.5. The molecule has 17 heavy (non-hydrogen) atoms. The summed E-state index contributed by atoms with van der Waals surface area (Å²) in [5.41, 5.74) is 0.235. The van der Waals surface area contributed by atoms with Crippen LogP contribution in [0, 0.1) is 5.82 Å². The Hall–Kier alpha value is -1.45. The van der Waals surface area contributed by atoms with Crippen molar-refractivity contribution in [3.05, 3.63) is 63.1 Å². The van der Waals surface area contributed by atoms with Gasteiger partial charge < -0.3 is 0 Å². The van der Waals surface area contributed by atoms with Crippen molar-refractivity contribution in [2.75, 3.05) is 0 Å². The minimum atomic E-state index is -0.437. The molecule has 1 aromatic carbocycles. The second-order valence-corrected chi connectivity index (χ2v) is 4.67. The molecule has 0 bridgehead atoms. The number of benzene rings is 1. The summed E-state index contributed by atoms with van der Waals surface area (Å²) in [6.07, 6.45) is 2.73. The molecule has 0 fully saturated rings. The third-order valence-corrected chi connectivity index (χ3v) is 3.38. The molecule has 0 saturated heterocycles. The van der Waals surface area contributed by atoms with Crippen molar-refractivity contribution < 1.29 is 9.18 Å². The number of ketones is 1. The molecule has 0 aliphatic carbocycles. The van der Waals surface area contributed by atoms with Gasteiger partial charge in [-0.3, -0.25) is 4.79 Å². The van der Waals surface area contributed by atoms with Gasteiger partial charge in [0.2, 0.25) is 0 Å². The van der Waals surface area contributed by atoms with Gasteiger partial charge in [0.1, 0.15) is 5.82 Å². The van der Waals surface area contributed by atoms with Crippen LogP contribution in [0.3, 0.4) is 0 Å². The molecular weight excluding hydrogens is 259 g/mol. The first kappa shape index (κ1) is 12.0. The van der Waals surface area contributed by atoms with Crippen molar-refractivity contribution in [1.82, 2.24) is 0 Å². The lowest BCUT2D eigenvalue weighted by Gasteiger charge is -1.98. The molecule has 1 aromatic heterocycles. The first-order valence-electron chi connectivity index (χ1n) is 4.88. The summed E-state index contributed by atoms with van der Waals surface area (Å²) in [6, 6.07) is 7.93. The summed E-state index contributed by atoms with van der Waals surface area (Å²) in [5, 5.41) is 2.11. The van der Waals surface area contributed by atoms with Gasteiger partial charge in [-0.2, -0.15) is 0 Å². The van der Waals surface area contributed by atoms with Crippen LogP contribution < -0.4 is 0 Å². The summed E-state index contributed by atoms with van der Waals surface area (Å²) in [7, 11) is 0. The molecule has 0 atom stereocenters. The predicted molar refractivity (Wildman–Crippen MR) is 69.1 cm³/mol. The third-order valence-electron chi connectivity index (χ3n) is 2.17. The molecule has 1 heterocycles. The molecule has 0 aliphatic rings. The largest absolute Gasteiger partial charge is 0.288 e. The maximum absolute atomic E-state index is 13.4. The van der Waals surface area contributed by atoms with Crippen LogP contribution in [0.2, 0.25) is 5.02 Å². The van der Waals surface area contributed by atoms with Crippen LogP contribution in [0.5, 0.6) is 0 Å². The molecular formula is C13H8ClFOS. The van der Waals surface area contributed by atoms with Gasteiger partial charge in [0, 0.05) is 5.56 Å². The van der Waals surface area contributed by atoms with E-state index in [9.17, 15) is 9.18 Å². The predicted octanol–water partition coefficient (Wildman–Crippen LogP) is 4.44. The highest BCUT2D eigenvalue weighted by molar-refractivity contribution is 7.12. The first-order valence-corrected chi connectivity index (χ1v) is 6.14. The Kier molecular flexibility index (Phi) is 3.71. The molecule has 1 nitrogen and oxygen atoms in total. The van der Waals surface area contributed by atoms with Crippen molar-refractivity contribution in [2.45, 2.75) is 0 Å². The standard InChI is InChI=1S/C13H8ClFOS/c14-10-3-1-4-11(15)9(10)6-7-12(16)13-5-2-8-17-13/h1-8H.